The molecule has 1 amide bonds. The van der Waals surface area contributed by atoms with Gasteiger partial charge in [-0.25, -0.2) is 4.98 Å². The van der Waals surface area contributed by atoms with Crippen LogP contribution in [-0.4, -0.2) is 48.5 Å². The Hall–Kier alpha value is -4.04. The zero-order valence-corrected chi connectivity index (χ0v) is 22.4. The number of nitrogens with zero attached hydrogens (tertiary/aromatic N) is 1. The largest absolute Gasteiger partial charge is 0.493 e. The van der Waals surface area contributed by atoms with E-state index in [9.17, 15) is 14.4 Å². The number of aldehydes is 1. The van der Waals surface area contributed by atoms with Crippen LogP contribution in [0.25, 0.3) is 0 Å². The number of hydrogen-bond acceptors (Lipinski definition) is 7. The summed E-state index contributed by atoms with van der Waals surface area (Å²) in [4.78, 5) is 40.9. The topological polar surface area (TPSA) is 104 Å². The van der Waals surface area contributed by atoms with Crippen LogP contribution in [0.5, 0.6) is 11.5 Å². The minimum Gasteiger partial charge on any atom is -0.493 e. The standard InChI is InChI=1S/C30H34N2O6/c1-20-11-13-23(14-12-20)17-25(24-9-7-6-8-10-24)21(2)37-19-30(4,18-33)32-29(35)27-28(38-22(3)34)26(36-5)15-16-31-27/h6-16,18,21,25H,17,19H2,1-5H3,(H,32,35)/t21-,25-,30-/m0/s1. The number of pyridine rings is 1. The fourth-order valence-electron chi connectivity index (χ4n) is 4.07. The number of nitrogens with one attached hydrogen (secondary N) is 1. The summed E-state index contributed by atoms with van der Waals surface area (Å²) in [6.07, 6.45) is 2.45. The van der Waals surface area contributed by atoms with Crippen LogP contribution < -0.4 is 14.8 Å². The first-order chi connectivity index (χ1) is 18.2. The Morgan fingerprint density at radius 3 is 2.37 bits per heavy atom. The Morgan fingerprint density at radius 1 is 1.08 bits per heavy atom. The minimum absolute atomic E-state index is 0.0149. The van der Waals surface area contributed by atoms with E-state index in [2.05, 4.69) is 53.6 Å². The van der Waals surface area contributed by atoms with Crippen molar-refractivity contribution in [3.05, 3.63) is 89.2 Å². The van der Waals surface area contributed by atoms with Crippen molar-refractivity contribution < 1.29 is 28.6 Å². The smallest absolute Gasteiger partial charge is 0.308 e. The van der Waals surface area contributed by atoms with Crippen molar-refractivity contribution in [3.8, 4) is 11.5 Å². The Bertz CT molecular complexity index is 1250. The molecule has 3 aromatic rings. The summed E-state index contributed by atoms with van der Waals surface area (Å²) in [6, 6.07) is 19.9. The fraction of sp³-hybridized carbons (Fsp3) is 0.333. The molecular formula is C30H34N2O6. The first-order valence-corrected chi connectivity index (χ1v) is 12.4. The lowest BCUT2D eigenvalue weighted by Crippen LogP contribution is -2.52. The van der Waals surface area contributed by atoms with Crippen molar-refractivity contribution >= 4 is 18.2 Å². The number of rotatable bonds is 12. The number of carbonyl (C=O) groups excluding carboxylic acids is 3. The molecule has 0 aliphatic rings. The maximum atomic E-state index is 13.1. The summed E-state index contributed by atoms with van der Waals surface area (Å²) in [6.45, 7) is 6.70. The van der Waals surface area contributed by atoms with E-state index in [1.54, 1.807) is 6.92 Å². The highest BCUT2D eigenvalue weighted by atomic mass is 16.6. The summed E-state index contributed by atoms with van der Waals surface area (Å²) < 4.78 is 16.6. The molecule has 0 saturated heterocycles. The molecule has 0 aliphatic heterocycles. The Balaban J connectivity index is 1.77. The first-order valence-electron chi connectivity index (χ1n) is 12.4. The predicted molar refractivity (Wildman–Crippen MR) is 144 cm³/mol. The monoisotopic (exact) mass is 518 g/mol. The van der Waals surface area contributed by atoms with E-state index >= 15 is 0 Å². The third-order valence-corrected chi connectivity index (χ3v) is 6.23. The van der Waals surface area contributed by atoms with Crippen molar-refractivity contribution in [2.75, 3.05) is 13.7 Å². The van der Waals surface area contributed by atoms with Crippen LogP contribution in [0, 0.1) is 6.92 Å². The molecule has 0 radical (unpaired) electrons. The van der Waals surface area contributed by atoms with Gasteiger partial charge in [0.1, 0.15) is 11.8 Å². The Morgan fingerprint density at radius 2 is 1.76 bits per heavy atom. The second kappa shape index (κ2) is 13.0. The Labute approximate surface area is 223 Å². The number of carbonyl (C=O) groups is 3. The molecule has 8 heteroatoms. The highest BCUT2D eigenvalue weighted by Gasteiger charge is 2.32. The van der Waals surface area contributed by atoms with Crippen LogP contribution in [0.4, 0.5) is 0 Å². The fourth-order valence-corrected chi connectivity index (χ4v) is 4.07. The number of esters is 1. The molecule has 1 N–H and O–H groups in total. The van der Waals surface area contributed by atoms with E-state index in [1.807, 2.05) is 25.1 Å². The average Bonchev–Trinajstić information content (AvgIpc) is 2.91. The van der Waals surface area contributed by atoms with Gasteiger partial charge in [-0.3, -0.25) is 9.59 Å². The second-order valence-electron chi connectivity index (χ2n) is 9.50. The quantitative estimate of drug-likeness (QED) is 0.279. The van der Waals surface area contributed by atoms with Crippen LogP contribution in [0.3, 0.4) is 0 Å². The molecule has 3 rings (SSSR count). The molecule has 3 atom stereocenters. The van der Waals surface area contributed by atoms with Crippen LogP contribution in [0.2, 0.25) is 0 Å². The van der Waals surface area contributed by atoms with Crippen LogP contribution in [0.1, 0.15) is 53.9 Å². The molecule has 1 aromatic heterocycles. The third kappa shape index (κ3) is 7.49. The van der Waals surface area contributed by atoms with Gasteiger partial charge in [0.15, 0.2) is 11.4 Å². The van der Waals surface area contributed by atoms with Crippen molar-refractivity contribution in [2.45, 2.75) is 51.7 Å². The van der Waals surface area contributed by atoms with E-state index in [0.29, 0.717) is 6.29 Å². The maximum Gasteiger partial charge on any atom is 0.308 e. The average molecular weight is 519 g/mol. The second-order valence-corrected chi connectivity index (χ2v) is 9.50. The molecule has 0 spiro atoms. The van der Waals surface area contributed by atoms with Gasteiger partial charge in [0.2, 0.25) is 5.75 Å². The van der Waals surface area contributed by atoms with Gasteiger partial charge in [-0.15, -0.1) is 0 Å². The molecular weight excluding hydrogens is 484 g/mol. The van der Waals surface area contributed by atoms with Crippen molar-refractivity contribution in [3.63, 3.8) is 0 Å². The highest BCUT2D eigenvalue weighted by molar-refractivity contribution is 5.98. The van der Waals surface area contributed by atoms with Gasteiger partial charge in [-0.1, -0.05) is 60.2 Å². The number of benzene rings is 2. The van der Waals surface area contributed by atoms with Crippen LogP contribution in [0.15, 0.2) is 66.9 Å². The summed E-state index contributed by atoms with van der Waals surface area (Å²) in [5, 5.41) is 2.67. The van der Waals surface area contributed by atoms with Crippen molar-refractivity contribution in [1.82, 2.24) is 10.3 Å². The summed E-state index contributed by atoms with van der Waals surface area (Å²) >= 11 is 0. The van der Waals surface area contributed by atoms with Gasteiger partial charge in [-0.2, -0.15) is 0 Å². The number of hydrogen-bond donors (Lipinski definition) is 1. The van der Waals surface area contributed by atoms with Crippen molar-refractivity contribution in [2.24, 2.45) is 0 Å². The molecule has 8 nitrogen and oxygen atoms in total. The number of aromatic nitrogens is 1. The van der Waals surface area contributed by atoms with E-state index < -0.39 is 17.4 Å². The van der Waals surface area contributed by atoms with Gasteiger partial charge < -0.3 is 24.3 Å². The zero-order valence-electron chi connectivity index (χ0n) is 22.4. The van der Waals surface area contributed by atoms with Crippen LogP contribution >= 0.6 is 0 Å². The van der Waals surface area contributed by atoms with Gasteiger partial charge in [-0.05, 0) is 38.3 Å². The molecule has 1 heterocycles. The third-order valence-electron chi connectivity index (χ3n) is 6.23. The molecule has 2 aromatic carbocycles. The zero-order chi connectivity index (χ0) is 27.7. The van der Waals surface area contributed by atoms with Crippen molar-refractivity contribution in [1.29, 1.82) is 0 Å². The molecule has 0 unspecified atom stereocenters. The molecule has 38 heavy (non-hydrogen) atoms. The SMILES string of the molecule is COc1ccnc(C(=O)N[C@@](C)(C=O)CO[C@@H](C)[C@H](Cc2ccc(C)cc2)c2ccccc2)c1OC(C)=O. The Kier molecular flexibility index (Phi) is 9.73. The minimum atomic E-state index is -1.37. The number of ether oxygens (including phenoxy) is 3. The predicted octanol–water partition coefficient (Wildman–Crippen LogP) is 4.44. The van der Waals surface area contributed by atoms with Gasteiger partial charge in [0.25, 0.3) is 5.91 Å². The maximum absolute atomic E-state index is 13.1. The molecule has 0 aliphatic carbocycles. The summed E-state index contributed by atoms with van der Waals surface area (Å²) in [5.41, 5.74) is 1.93. The van der Waals surface area contributed by atoms with E-state index in [-0.39, 0.29) is 35.8 Å². The highest BCUT2D eigenvalue weighted by Crippen LogP contribution is 2.30. The molecule has 0 saturated carbocycles. The number of aryl methyl sites for hydroxylation is 1. The lowest BCUT2D eigenvalue weighted by atomic mass is 9.87. The normalized spacial score (nSPS) is 14.0. The van der Waals surface area contributed by atoms with E-state index in [4.69, 9.17) is 14.2 Å². The summed E-state index contributed by atoms with van der Waals surface area (Å²) in [5.74, 6) is -1.28. The lowest BCUT2D eigenvalue weighted by Gasteiger charge is -2.30. The van der Waals surface area contributed by atoms with Gasteiger partial charge in [0.05, 0.1) is 19.8 Å². The first kappa shape index (κ1) is 28.5. The summed E-state index contributed by atoms with van der Waals surface area (Å²) in [7, 11) is 1.38. The van der Waals surface area contributed by atoms with E-state index in [1.165, 1.54) is 37.4 Å². The van der Waals surface area contributed by atoms with Gasteiger partial charge in [0, 0.05) is 25.1 Å². The molecule has 0 bridgehead atoms. The molecule has 0 fully saturated rings. The van der Waals surface area contributed by atoms with E-state index in [0.717, 1.165) is 12.0 Å². The number of methoxy groups -OCH3 is 1. The number of amides is 1. The lowest BCUT2D eigenvalue weighted by molar-refractivity contribution is -0.132. The molecule has 200 valence electrons. The van der Waals surface area contributed by atoms with Gasteiger partial charge >= 0.3 is 5.97 Å². The van der Waals surface area contributed by atoms with Crippen LogP contribution in [-0.2, 0) is 20.7 Å².